The van der Waals surface area contributed by atoms with Crippen LogP contribution in [0, 0.1) is 11.3 Å². The Bertz CT molecular complexity index is 72.6. The van der Waals surface area contributed by atoms with Crippen LogP contribution in [0.5, 0.6) is 0 Å². The van der Waals surface area contributed by atoms with E-state index in [2.05, 4.69) is 0 Å². The summed E-state index contributed by atoms with van der Waals surface area (Å²) >= 11 is 5.51. The summed E-state index contributed by atoms with van der Waals surface area (Å²) < 4.78 is 0. The maximum Gasteiger partial charge on any atom is 0.0622 e. The van der Waals surface area contributed by atoms with Gasteiger partial charge in [-0.1, -0.05) is 0 Å². The van der Waals surface area contributed by atoms with Crippen LogP contribution in [0.2, 0.25) is 0 Å². The Kier molecular flexibility index (Phi) is 3.83. The molecule has 0 spiro atoms. The lowest BCUT2D eigenvalue weighted by Crippen LogP contribution is -1.86. The maximum absolute atomic E-state index is 8.01. The highest BCUT2D eigenvalue weighted by Crippen LogP contribution is 2.01. The van der Waals surface area contributed by atoms with Crippen molar-refractivity contribution >= 4 is 11.6 Å². The van der Waals surface area contributed by atoms with E-state index in [0.717, 1.165) is 6.42 Å². The lowest BCUT2D eigenvalue weighted by atomic mass is 10.3. The molecule has 0 bridgehead atoms. The third-order valence-corrected chi connectivity index (χ3v) is 0.872. The largest absolute Gasteiger partial charge is 0.198 e. The van der Waals surface area contributed by atoms with Gasteiger partial charge in [0.05, 0.1) is 6.07 Å². The molecule has 0 amide bonds. The summed E-state index contributed by atoms with van der Waals surface area (Å²) in [6.45, 7) is 1.89. The minimum atomic E-state index is 0.152. The highest BCUT2D eigenvalue weighted by molar-refractivity contribution is 6.20. The molecule has 0 aliphatic carbocycles. The molecule has 0 aliphatic heterocycles. The molecule has 0 aliphatic rings. The van der Waals surface area contributed by atoms with E-state index in [1.807, 2.05) is 13.0 Å². The van der Waals surface area contributed by atoms with Gasteiger partial charge in [0, 0.05) is 11.8 Å². The maximum atomic E-state index is 8.01. The Balaban J connectivity index is 2.86. The summed E-state index contributed by atoms with van der Waals surface area (Å²) in [6.07, 6.45) is 1.38. The average Bonchev–Trinajstić information content (AvgIpc) is 1.61. The minimum absolute atomic E-state index is 0.152. The van der Waals surface area contributed by atoms with Gasteiger partial charge in [-0.05, 0) is 13.3 Å². The van der Waals surface area contributed by atoms with Gasteiger partial charge in [-0.15, -0.1) is 11.6 Å². The van der Waals surface area contributed by atoms with Gasteiger partial charge in [-0.3, -0.25) is 0 Å². The second kappa shape index (κ2) is 3.95. The van der Waals surface area contributed by atoms with Crippen LogP contribution in [0.4, 0.5) is 0 Å². The molecule has 0 unspecified atom stereocenters. The van der Waals surface area contributed by atoms with Crippen LogP contribution in [0.1, 0.15) is 19.8 Å². The first-order valence-corrected chi connectivity index (χ1v) is 2.72. The van der Waals surface area contributed by atoms with Crippen molar-refractivity contribution in [3.63, 3.8) is 0 Å². The van der Waals surface area contributed by atoms with Crippen molar-refractivity contribution < 1.29 is 0 Å². The number of halogens is 1. The summed E-state index contributed by atoms with van der Waals surface area (Å²) in [4.78, 5) is 0. The predicted octanol–water partition coefficient (Wildman–Crippen LogP) is 1.92. The third kappa shape index (κ3) is 5.78. The van der Waals surface area contributed by atoms with Crippen LogP contribution in [0.15, 0.2) is 0 Å². The molecular weight excluding hydrogens is 110 g/mol. The van der Waals surface area contributed by atoms with E-state index in [4.69, 9.17) is 16.9 Å². The molecule has 0 aromatic carbocycles. The zero-order chi connectivity index (χ0) is 5.70. The Morgan fingerprint density at radius 2 is 2.43 bits per heavy atom. The number of nitrogens with zero attached hydrogens (tertiary/aromatic N) is 1. The van der Waals surface area contributed by atoms with E-state index in [0.29, 0.717) is 6.42 Å². The average molecular weight is 118 g/mol. The molecular formula is C5H8ClN. The third-order valence-electron chi connectivity index (χ3n) is 0.654. The van der Waals surface area contributed by atoms with E-state index < -0.39 is 0 Å². The van der Waals surface area contributed by atoms with Gasteiger partial charge in [0.25, 0.3) is 0 Å². The molecule has 0 radical (unpaired) electrons. The van der Waals surface area contributed by atoms with Crippen LogP contribution in [-0.4, -0.2) is 5.38 Å². The smallest absolute Gasteiger partial charge is 0.0622 e. The summed E-state index contributed by atoms with van der Waals surface area (Å²) in [5.74, 6) is 0. The molecule has 0 N–H and O–H groups in total. The number of hydrogen-bond donors (Lipinski definition) is 0. The van der Waals surface area contributed by atoms with Crippen molar-refractivity contribution in [1.82, 2.24) is 0 Å². The van der Waals surface area contributed by atoms with E-state index >= 15 is 0 Å². The molecule has 0 heterocycles. The Morgan fingerprint density at radius 3 is 2.57 bits per heavy atom. The lowest BCUT2D eigenvalue weighted by molar-refractivity contribution is 0.830. The highest BCUT2D eigenvalue weighted by atomic mass is 35.5. The van der Waals surface area contributed by atoms with Gasteiger partial charge in [0.1, 0.15) is 0 Å². The molecule has 0 rings (SSSR count). The molecule has 1 nitrogen and oxygen atoms in total. The summed E-state index contributed by atoms with van der Waals surface area (Å²) in [5, 5.41) is 8.16. The summed E-state index contributed by atoms with van der Waals surface area (Å²) in [5.41, 5.74) is 0. The normalized spacial score (nSPS) is 12.7. The monoisotopic (exact) mass is 117 g/mol. The van der Waals surface area contributed by atoms with Crippen molar-refractivity contribution in [3.05, 3.63) is 0 Å². The van der Waals surface area contributed by atoms with Crippen LogP contribution >= 0.6 is 11.6 Å². The van der Waals surface area contributed by atoms with E-state index in [1.165, 1.54) is 0 Å². The van der Waals surface area contributed by atoms with Gasteiger partial charge in [0.15, 0.2) is 0 Å². The van der Waals surface area contributed by atoms with Gasteiger partial charge in [-0.25, -0.2) is 0 Å². The molecule has 0 saturated carbocycles. The van der Waals surface area contributed by atoms with Crippen molar-refractivity contribution in [1.29, 1.82) is 5.26 Å². The van der Waals surface area contributed by atoms with E-state index in [-0.39, 0.29) is 5.38 Å². The number of hydrogen-bond acceptors (Lipinski definition) is 1. The Hall–Kier alpha value is -0.220. The van der Waals surface area contributed by atoms with Crippen molar-refractivity contribution in [2.24, 2.45) is 0 Å². The van der Waals surface area contributed by atoms with E-state index in [9.17, 15) is 0 Å². The lowest BCUT2D eigenvalue weighted by Gasteiger charge is -1.91. The van der Waals surface area contributed by atoms with Crippen LogP contribution in [0.25, 0.3) is 0 Å². The number of nitriles is 1. The first-order valence-electron chi connectivity index (χ1n) is 2.28. The quantitative estimate of drug-likeness (QED) is 0.507. The summed E-state index contributed by atoms with van der Waals surface area (Å²) in [7, 11) is 0. The van der Waals surface area contributed by atoms with Gasteiger partial charge < -0.3 is 0 Å². The summed E-state index contributed by atoms with van der Waals surface area (Å²) in [6, 6.07) is 2.01. The van der Waals surface area contributed by atoms with Crippen molar-refractivity contribution in [2.45, 2.75) is 25.1 Å². The first kappa shape index (κ1) is 6.78. The zero-order valence-corrected chi connectivity index (χ0v) is 5.07. The van der Waals surface area contributed by atoms with E-state index in [1.54, 1.807) is 0 Å². The van der Waals surface area contributed by atoms with Crippen molar-refractivity contribution in [3.8, 4) is 6.07 Å². The number of alkyl halides is 1. The standard InChI is InChI=1S/C5H8ClN/c1-5(6)3-2-4-7/h5H,2-3H2,1H3/t5-/m1/s1. The minimum Gasteiger partial charge on any atom is -0.198 e. The first-order chi connectivity index (χ1) is 3.27. The fraction of sp³-hybridized carbons (Fsp3) is 0.800. The molecule has 0 fully saturated rings. The molecule has 7 heavy (non-hydrogen) atoms. The topological polar surface area (TPSA) is 23.8 Å². The van der Waals surface area contributed by atoms with Crippen LogP contribution in [-0.2, 0) is 0 Å². The SMILES string of the molecule is C[C@@H](Cl)CCC#N. The fourth-order valence-electron chi connectivity index (χ4n) is 0.263. The van der Waals surface area contributed by atoms with Gasteiger partial charge in [0.2, 0.25) is 0 Å². The van der Waals surface area contributed by atoms with Crippen LogP contribution < -0.4 is 0 Å². The molecule has 40 valence electrons. The van der Waals surface area contributed by atoms with Crippen molar-refractivity contribution in [2.75, 3.05) is 0 Å². The zero-order valence-electron chi connectivity index (χ0n) is 4.32. The second-order valence-electron chi connectivity index (χ2n) is 1.48. The van der Waals surface area contributed by atoms with Gasteiger partial charge >= 0.3 is 0 Å². The Labute approximate surface area is 48.9 Å². The predicted molar refractivity (Wildman–Crippen MR) is 30.2 cm³/mol. The van der Waals surface area contributed by atoms with Gasteiger partial charge in [-0.2, -0.15) is 5.26 Å². The van der Waals surface area contributed by atoms with Crippen LogP contribution in [0.3, 0.4) is 0 Å². The second-order valence-corrected chi connectivity index (χ2v) is 2.22. The molecule has 0 aromatic rings. The molecule has 2 heteroatoms. The molecule has 0 saturated heterocycles. The number of rotatable bonds is 2. The highest BCUT2D eigenvalue weighted by Gasteiger charge is 1.91. The molecule has 0 aromatic heterocycles. The molecule has 1 atom stereocenters. The Morgan fingerprint density at radius 1 is 1.86 bits per heavy atom. The fourth-order valence-corrected chi connectivity index (χ4v) is 0.373.